The Morgan fingerprint density at radius 1 is 1.22 bits per heavy atom. The number of fused-ring (bicyclic) bond motifs is 1. The van der Waals surface area contributed by atoms with Crippen LogP contribution in [0.4, 0.5) is 0 Å². The molecule has 0 spiro atoms. The summed E-state index contributed by atoms with van der Waals surface area (Å²) in [5, 5.41) is 9.66. The molecule has 0 radical (unpaired) electrons. The van der Waals surface area contributed by atoms with Crippen molar-refractivity contribution in [2.45, 2.75) is 13.8 Å². The maximum absolute atomic E-state index is 11.5. The van der Waals surface area contributed by atoms with Gasteiger partial charge in [-0.15, -0.1) is 0 Å². The Labute approximate surface area is 104 Å². The lowest BCUT2D eigenvalue weighted by molar-refractivity contribution is 0.100. The molecule has 0 saturated heterocycles. The van der Waals surface area contributed by atoms with Crippen LogP contribution in [0.25, 0.3) is 10.9 Å². The van der Waals surface area contributed by atoms with Crippen LogP contribution in [0, 0.1) is 11.3 Å². The lowest BCUT2D eigenvalue weighted by Gasteiger charge is -2.06. The SMILES string of the molecule is CC(=O)c1cc(C#N)c2c(C(C)=O)cccc2n1. The highest BCUT2D eigenvalue weighted by atomic mass is 16.1. The number of benzene rings is 1. The van der Waals surface area contributed by atoms with Gasteiger partial charge in [0.25, 0.3) is 0 Å². The van der Waals surface area contributed by atoms with E-state index in [1.165, 1.54) is 19.9 Å². The number of carbonyl (C=O) groups excluding carboxylic acids is 2. The quantitative estimate of drug-likeness (QED) is 0.753. The molecule has 0 saturated carbocycles. The van der Waals surface area contributed by atoms with Crippen LogP contribution < -0.4 is 0 Å². The van der Waals surface area contributed by atoms with Crippen molar-refractivity contribution in [1.82, 2.24) is 4.98 Å². The van der Waals surface area contributed by atoms with Crippen LogP contribution in [0.15, 0.2) is 24.3 Å². The molecule has 0 N–H and O–H groups in total. The van der Waals surface area contributed by atoms with Crippen LogP contribution in [0.3, 0.4) is 0 Å². The zero-order valence-corrected chi connectivity index (χ0v) is 10.0. The largest absolute Gasteiger partial charge is 0.294 e. The molecule has 0 fully saturated rings. The van der Waals surface area contributed by atoms with Crippen LogP contribution in [-0.4, -0.2) is 16.6 Å². The highest BCUT2D eigenvalue weighted by Crippen LogP contribution is 2.23. The minimum atomic E-state index is -0.207. The summed E-state index contributed by atoms with van der Waals surface area (Å²) in [7, 11) is 0. The molecule has 0 aliphatic rings. The Morgan fingerprint density at radius 3 is 2.50 bits per heavy atom. The van der Waals surface area contributed by atoms with Gasteiger partial charge in [-0.05, 0) is 19.1 Å². The van der Waals surface area contributed by atoms with Crippen molar-refractivity contribution in [3.63, 3.8) is 0 Å². The van der Waals surface area contributed by atoms with E-state index in [1.807, 2.05) is 6.07 Å². The number of carbonyl (C=O) groups is 2. The fraction of sp³-hybridized carbons (Fsp3) is 0.143. The number of hydrogen-bond acceptors (Lipinski definition) is 4. The van der Waals surface area contributed by atoms with Gasteiger partial charge in [-0.25, -0.2) is 4.98 Å². The van der Waals surface area contributed by atoms with Crippen molar-refractivity contribution >= 4 is 22.5 Å². The molecular weight excluding hydrogens is 228 g/mol. The van der Waals surface area contributed by atoms with Crippen LogP contribution in [0.5, 0.6) is 0 Å². The first-order valence-electron chi connectivity index (χ1n) is 5.40. The van der Waals surface area contributed by atoms with Crippen molar-refractivity contribution in [2.75, 3.05) is 0 Å². The van der Waals surface area contributed by atoms with Gasteiger partial charge in [-0.1, -0.05) is 12.1 Å². The molecule has 0 aliphatic heterocycles. The number of nitrogens with zero attached hydrogens (tertiary/aromatic N) is 2. The van der Waals surface area contributed by atoms with E-state index < -0.39 is 0 Å². The fourth-order valence-electron chi connectivity index (χ4n) is 1.85. The number of hydrogen-bond donors (Lipinski definition) is 0. The van der Waals surface area contributed by atoms with Crippen molar-refractivity contribution in [3.05, 3.63) is 41.1 Å². The van der Waals surface area contributed by atoms with Gasteiger partial charge in [0.1, 0.15) is 5.69 Å². The lowest BCUT2D eigenvalue weighted by atomic mass is 10.00. The minimum absolute atomic E-state index is 0.130. The third-order valence-corrected chi connectivity index (χ3v) is 2.69. The molecule has 0 unspecified atom stereocenters. The molecule has 0 bridgehead atoms. The Balaban J connectivity index is 2.93. The van der Waals surface area contributed by atoms with Gasteiger partial charge in [-0.3, -0.25) is 9.59 Å². The van der Waals surface area contributed by atoms with E-state index in [-0.39, 0.29) is 17.3 Å². The molecular formula is C14H10N2O2. The minimum Gasteiger partial charge on any atom is -0.294 e. The van der Waals surface area contributed by atoms with Gasteiger partial charge in [0.15, 0.2) is 11.6 Å². The van der Waals surface area contributed by atoms with Gasteiger partial charge in [0.2, 0.25) is 0 Å². The van der Waals surface area contributed by atoms with E-state index >= 15 is 0 Å². The molecule has 18 heavy (non-hydrogen) atoms. The number of aromatic nitrogens is 1. The Kier molecular flexibility index (Phi) is 2.90. The van der Waals surface area contributed by atoms with E-state index in [4.69, 9.17) is 5.26 Å². The van der Waals surface area contributed by atoms with Gasteiger partial charge >= 0.3 is 0 Å². The average Bonchev–Trinajstić information content (AvgIpc) is 2.36. The number of nitriles is 1. The summed E-state index contributed by atoms with van der Waals surface area (Å²) in [5.74, 6) is -0.337. The van der Waals surface area contributed by atoms with Crippen molar-refractivity contribution in [1.29, 1.82) is 5.26 Å². The van der Waals surface area contributed by atoms with Crippen LogP contribution in [-0.2, 0) is 0 Å². The van der Waals surface area contributed by atoms with E-state index in [0.717, 1.165) is 0 Å². The molecule has 1 aromatic heterocycles. The molecule has 88 valence electrons. The predicted octanol–water partition coefficient (Wildman–Crippen LogP) is 2.51. The van der Waals surface area contributed by atoms with E-state index in [0.29, 0.717) is 22.0 Å². The van der Waals surface area contributed by atoms with Gasteiger partial charge in [0.05, 0.1) is 17.1 Å². The summed E-state index contributed by atoms with van der Waals surface area (Å²) in [6.45, 7) is 2.83. The second-order valence-corrected chi connectivity index (χ2v) is 3.98. The number of Topliss-reactive ketones (excluding diaryl/α,β-unsaturated/α-hetero) is 2. The van der Waals surface area contributed by atoms with Gasteiger partial charge in [0, 0.05) is 17.9 Å². The molecule has 0 aliphatic carbocycles. The Bertz CT molecular complexity index is 712. The topological polar surface area (TPSA) is 70.8 Å². The number of pyridine rings is 1. The molecule has 4 heteroatoms. The Hall–Kier alpha value is -2.54. The van der Waals surface area contributed by atoms with Crippen molar-refractivity contribution in [3.8, 4) is 6.07 Å². The van der Waals surface area contributed by atoms with E-state index in [2.05, 4.69) is 4.98 Å². The highest BCUT2D eigenvalue weighted by Gasteiger charge is 2.13. The first kappa shape index (κ1) is 11.9. The molecule has 4 nitrogen and oxygen atoms in total. The predicted molar refractivity (Wildman–Crippen MR) is 66.5 cm³/mol. The fourth-order valence-corrected chi connectivity index (χ4v) is 1.85. The maximum atomic E-state index is 11.5. The molecule has 1 heterocycles. The van der Waals surface area contributed by atoms with Crippen LogP contribution in [0.2, 0.25) is 0 Å². The van der Waals surface area contributed by atoms with Crippen LogP contribution in [0.1, 0.15) is 40.3 Å². The van der Waals surface area contributed by atoms with Gasteiger partial charge < -0.3 is 0 Å². The summed E-state index contributed by atoms with van der Waals surface area (Å²) >= 11 is 0. The molecule has 0 amide bonds. The third kappa shape index (κ3) is 1.87. The zero-order chi connectivity index (χ0) is 13.3. The second kappa shape index (κ2) is 4.38. The third-order valence-electron chi connectivity index (χ3n) is 2.69. The molecule has 1 aromatic carbocycles. The second-order valence-electron chi connectivity index (χ2n) is 3.98. The summed E-state index contributed by atoms with van der Waals surface area (Å²) in [5.41, 5.74) is 1.48. The Morgan fingerprint density at radius 2 is 1.94 bits per heavy atom. The first-order valence-corrected chi connectivity index (χ1v) is 5.40. The first-order chi connectivity index (χ1) is 8.54. The molecule has 2 rings (SSSR count). The molecule has 0 atom stereocenters. The van der Waals surface area contributed by atoms with E-state index in [9.17, 15) is 9.59 Å². The zero-order valence-electron chi connectivity index (χ0n) is 10.0. The number of ketones is 2. The summed E-state index contributed by atoms with van der Waals surface area (Å²) in [6.07, 6.45) is 0. The number of rotatable bonds is 2. The summed E-state index contributed by atoms with van der Waals surface area (Å²) in [6, 6.07) is 8.48. The van der Waals surface area contributed by atoms with E-state index in [1.54, 1.807) is 18.2 Å². The highest BCUT2D eigenvalue weighted by molar-refractivity contribution is 6.09. The normalized spacial score (nSPS) is 10.1. The van der Waals surface area contributed by atoms with Crippen LogP contribution >= 0.6 is 0 Å². The maximum Gasteiger partial charge on any atom is 0.178 e. The van der Waals surface area contributed by atoms with Gasteiger partial charge in [-0.2, -0.15) is 5.26 Å². The monoisotopic (exact) mass is 238 g/mol. The van der Waals surface area contributed by atoms with Crippen molar-refractivity contribution in [2.24, 2.45) is 0 Å². The standard InChI is InChI=1S/C14H10N2O2/c1-8(17)11-4-3-5-12-14(11)10(7-15)6-13(16-12)9(2)18/h3-6H,1-2H3. The average molecular weight is 238 g/mol. The lowest BCUT2D eigenvalue weighted by Crippen LogP contribution is -2.02. The van der Waals surface area contributed by atoms with Crippen molar-refractivity contribution < 1.29 is 9.59 Å². The summed E-state index contributed by atoms with van der Waals surface area (Å²) < 4.78 is 0. The summed E-state index contributed by atoms with van der Waals surface area (Å²) in [4.78, 5) is 27.1. The smallest absolute Gasteiger partial charge is 0.178 e. The molecule has 2 aromatic rings.